The van der Waals surface area contributed by atoms with E-state index in [1.807, 2.05) is 0 Å². The van der Waals surface area contributed by atoms with Crippen molar-refractivity contribution < 1.29 is 23.9 Å². The van der Waals surface area contributed by atoms with Gasteiger partial charge < -0.3 is 20.1 Å². The Hall–Kier alpha value is -3.38. The molecule has 0 saturated carbocycles. The molecule has 31 heavy (non-hydrogen) atoms. The highest BCUT2D eigenvalue weighted by Crippen LogP contribution is 2.39. The van der Waals surface area contributed by atoms with Gasteiger partial charge in [0.25, 0.3) is 11.8 Å². The van der Waals surface area contributed by atoms with Gasteiger partial charge in [-0.25, -0.2) is 0 Å². The van der Waals surface area contributed by atoms with Crippen LogP contribution < -0.4 is 15.4 Å². The number of hydrogen-bond acceptors (Lipinski definition) is 7. The molecular weight excluding hydrogens is 418 g/mol. The number of amides is 2. The SMILES string of the molecule is COc1cccc(C(=O)NCC(=O)OCC(=O)Nc2sc3c(c2C#N)CC[C@@H](C)C3)c1. The van der Waals surface area contributed by atoms with Crippen LogP contribution in [0.3, 0.4) is 0 Å². The summed E-state index contributed by atoms with van der Waals surface area (Å²) in [6.45, 7) is 1.29. The highest BCUT2D eigenvalue weighted by Gasteiger charge is 2.24. The number of nitrogens with zero attached hydrogens (tertiary/aromatic N) is 1. The Bertz CT molecular complexity index is 1040. The number of methoxy groups -OCH3 is 1. The molecule has 2 amide bonds. The Balaban J connectivity index is 1.48. The molecule has 1 heterocycles. The van der Waals surface area contributed by atoms with E-state index in [2.05, 4.69) is 23.6 Å². The number of carbonyl (C=O) groups excluding carboxylic acids is 3. The Morgan fingerprint density at radius 2 is 2.13 bits per heavy atom. The minimum absolute atomic E-state index is 0.338. The number of nitrogens with one attached hydrogen (secondary N) is 2. The lowest BCUT2D eigenvalue weighted by molar-refractivity contribution is -0.146. The van der Waals surface area contributed by atoms with E-state index in [1.165, 1.54) is 18.4 Å². The van der Waals surface area contributed by atoms with Gasteiger partial charge in [0.15, 0.2) is 6.61 Å². The summed E-state index contributed by atoms with van der Waals surface area (Å²) in [6, 6.07) is 8.67. The van der Waals surface area contributed by atoms with Gasteiger partial charge in [-0.2, -0.15) is 5.26 Å². The molecule has 1 atom stereocenters. The summed E-state index contributed by atoms with van der Waals surface area (Å²) in [7, 11) is 1.49. The third kappa shape index (κ3) is 5.61. The molecule has 9 heteroatoms. The average molecular weight is 442 g/mol. The molecule has 0 spiro atoms. The maximum atomic E-state index is 12.2. The van der Waals surface area contributed by atoms with Crippen molar-refractivity contribution in [1.29, 1.82) is 5.26 Å². The topological polar surface area (TPSA) is 118 Å². The molecule has 2 N–H and O–H groups in total. The van der Waals surface area contributed by atoms with Gasteiger partial charge >= 0.3 is 5.97 Å². The van der Waals surface area contributed by atoms with Crippen molar-refractivity contribution in [2.75, 3.05) is 25.6 Å². The molecule has 0 saturated heterocycles. The second-order valence-corrected chi connectivity index (χ2v) is 8.40. The minimum atomic E-state index is -0.744. The fourth-order valence-corrected chi connectivity index (χ4v) is 4.71. The normalized spacial score (nSPS) is 14.7. The highest BCUT2D eigenvalue weighted by atomic mass is 32.1. The van der Waals surface area contributed by atoms with Crippen molar-refractivity contribution in [2.45, 2.75) is 26.2 Å². The molecule has 1 aliphatic rings. The summed E-state index contributed by atoms with van der Waals surface area (Å²) in [5, 5.41) is 15.1. The van der Waals surface area contributed by atoms with Gasteiger partial charge in [0.05, 0.1) is 12.7 Å². The molecular formula is C22H23N3O5S. The minimum Gasteiger partial charge on any atom is -0.497 e. The number of thiophene rings is 1. The van der Waals surface area contributed by atoms with Crippen molar-refractivity contribution in [3.05, 3.63) is 45.8 Å². The zero-order valence-electron chi connectivity index (χ0n) is 17.3. The molecule has 0 fully saturated rings. The van der Waals surface area contributed by atoms with Gasteiger partial charge in [0, 0.05) is 10.4 Å². The van der Waals surface area contributed by atoms with Gasteiger partial charge in [-0.05, 0) is 48.9 Å². The first kappa shape index (κ1) is 22.3. The number of nitriles is 1. The van der Waals surface area contributed by atoms with Crippen LogP contribution in [0.5, 0.6) is 5.75 Å². The maximum absolute atomic E-state index is 12.2. The van der Waals surface area contributed by atoms with E-state index < -0.39 is 24.4 Å². The molecule has 3 rings (SSSR count). The van der Waals surface area contributed by atoms with E-state index in [4.69, 9.17) is 9.47 Å². The second kappa shape index (κ2) is 10.1. The summed E-state index contributed by atoms with van der Waals surface area (Å²) >= 11 is 1.41. The summed E-state index contributed by atoms with van der Waals surface area (Å²) in [6.07, 6.45) is 2.74. The van der Waals surface area contributed by atoms with Crippen LogP contribution in [-0.2, 0) is 27.2 Å². The van der Waals surface area contributed by atoms with E-state index >= 15 is 0 Å². The van der Waals surface area contributed by atoms with E-state index in [0.717, 1.165) is 29.7 Å². The predicted molar refractivity (Wildman–Crippen MR) is 115 cm³/mol. The standard InChI is InChI=1S/C22H23N3O5S/c1-13-6-7-16-17(10-23)22(31-18(16)8-13)25-19(26)12-30-20(27)11-24-21(28)14-4-3-5-15(9-14)29-2/h3-5,9,13H,6-8,11-12H2,1-2H3,(H,24,28)(H,25,26)/t13-/m1/s1. The number of esters is 1. The zero-order chi connectivity index (χ0) is 22.4. The molecule has 0 aliphatic heterocycles. The summed E-state index contributed by atoms with van der Waals surface area (Å²) in [5.74, 6) is -0.665. The van der Waals surface area contributed by atoms with Crippen molar-refractivity contribution in [3.8, 4) is 11.8 Å². The zero-order valence-corrected chi connectivity index (χ0v) is 18.1. The van der Waals surface area contributed by atoms with E-state index in [0.29, 0.717) is 27.8 Å². The predicted octanol–water partition coefficient (Wildman–Crippen LogP) is 2.66. The largest absolute Gasteiger partial charge is 0.497 e. The lowest BCUT2D eigenvalue weighted by atomic mass is 9.89. The smallest absolute Gasteiger partial charge is 0.325 e. The molecule has 2 aromatic rings. The van der Waals surface area contributed by atoms with Gasteiger partial charge in [-0.3, -0.25) is 14.4 Å². The lowest BCUT2D eigenvalue weighted by Crippen LogP contribution is -2.32. The van der Waals surface area contributed by atoms with Gasteiger partial charge in [-0.15, -0.1) is 11.3 Å². The second-order valence-electron chi connectivity index (χ2n) is 7.29. The van der Waals surface area contributed by atoms with Gasteiger partial charge in [0.2, 0.25) is 0 Å². The number of hydrogen-bond donors (Lipinski definition) is 2. The Morgan fingerprint density at radius 3 is 2.87 bits per heavy atom. The Labute approximate surface area is 184 Å². The number of benzene rings is 1. The molecule has 0 bridgehead atoms. The first-order valence-electron chi connectivity index (χ1n) is 9.83. The summed E-state index contributed by atoms with van der Waals surface area (Å²) in [4.78, 5) is 37.3. The summed E-state index contributed by atoms with van der Waals surface area (Å²) < 4.78 is 9.99. The van der Waals surface area contributed by atoms with E-state index in [1.54, 1.807) is 24.3 Å². The average Bonchev–Trinajstić information content (AvgIpc) is 3.11. The van der Waals surface area contributed by atoms with Gasteiger partial charge in [0.1, 0.15) is 23.4 Å². The van der Waals surface area contributed by atoms with Gasteiger partial charge in [-0.1, -0.05) is 13.0 Å². The number of anilines is 1. The molecule has 162 valence electrons. The van der Waals surface area contributed by atoms with Crippen LogP contribution in [0, 0.1) is 17.2 Å². The number of ether oxygens (including phenoxy) is 2. The van der Waals surface area contributed by atoms with Crippen molar-refractivity contribution in [2.24, 2.45) is 5.92 Å². The van der Waals surface area contributed by atoms with Crippen LogP contribution >= 0.6 is 11.3 Å². The molecule has 0 unspecified atom stereocenters. The monoisotopic (exact) mass is 441 g/mol. The third-order valence-electron chi connectivity index (χ3n) is 4.97. The maximum Gasteiger partial charge on any atom is 0.325 e. The van der Waals surface area contributed by atoms with Crippen LogP contribution in [0.2, 0.25) is 0 Å². The van der Waals surface area contributed by atoms with Crippen molar-refractivity contribution in [1.82, 2.24) is 5.32 Å². The van der Waals surface area contributed by atoms with Crippen LogP contribution in [0.4, 0.5) is 5.00 Å². The molecule has 0 radical (unpaired) electrons. The summed E-state index contributed by atoms with van der Waals surface area (Å²) in [5.41, 5.74) is 1.85. The quantitative estimate of drug-likeness (QED) is 0.638. The van der Waals surface area contributed by atoms with E-state index in [9.17, 15) is 19.6 Å². The first-order valence-corrected chi connectivity index (χ1v) is 10.6. The highest BCUT2D eigenvalue weighted by molar-refractivity contribution is 7.16. The lowest BCUT2D eigenvalue weighted by Gasteiger charge is -2.17. The fraction of sp³-hybridized carbons (Fsp3) is 0.364. The van der Waals surface area contributed by atoms with Crippen LogP contribution in [0.1, 0.15) is 39.7 Å². The number of fused-ring (bicyclic) bond motifs is 1. The molecule has 1 aromatic heterocycles. The first-order chi connectivity index (χ1) is 14.9. The third-order valence-corrected chi connectivity index (χ3v) is 6.14. The van der Waals surface area contributed by atoms with Crippen molar-refractivity contribution in [3.63, 3.8) is 0 Å². The Morgan fingerprint density at radius 1 is 1.32 bits per heavy atom. The Kier molecular flexibility index (Phi) is 7.26. The number of carbonyl (C=O) groups is 3. The van der Waals surface area contributed by atoms with Crippen LogP contribution in [0.25, 0.3) is 0 Å². The van der Waals surface area contributed by atoms with Crippen LogP contribution in [0.15, 0.2) is 24.3 Å². The van der Waals surface area contributed by atoms with Crippen molar-refractivity contribution >= 4 is 34.1 Å². The fourth-order valence-electron chi connectivity index (χ4n) is 3.34. The molecule has 1 aromatic carbocycles. The number of rotatable bonds is 7. The molecule has 8 nitrogen and oxygen atoms in total. The molecule has 1 aliphatic carbocycles. The van der Waals surface area contributed by atoms with E-state index in [-0.39, 0.29) is 6.54 Å². The van der Waals surface area contributed by atoms with Crippen LogP contribution in [-0.4, -0.2) is 38.0 Å².